The summed E-state index contributed by atoms with van der Waals surface area (Å²) in [6.07, 6.45) is -10.3. The number of hydrogen-bond acceptors (Lipinski definition) is 4. The highest BCUT2D eigenvalue weighted by atomic mass is 19.4. The summed E-state index contributed by atoms with van der Waals surface area (Å²) in [5.41, 5.74) is -6.39. The lowest BCUT2D eigenvalue weighted by molar-refractivity contribution is -0.143. The van der Waals surface area contributed by atoms with Crippen LogP contribution in [0, 0.1) is 0 Å². The number of aromatic hydroxyl groups is 1. The summed E-state index contributed by atoms with van der Waals surface area (Å²) in [4.78, 5) is 23.0. The largest absolute Gasteiger partial charge is 0.506 e. The van der Waals surface area contributed by atoms with E-state index in [2.05, 4.69) is 4.74 Å². The molecule has 0 saturated heterocycles. The fourth-order valence-corrected chi connectivity index (χ4v) is 2.43. The number of carboxylic acid groups (broad SMARTS) is 1. The minimum absolute atomic E-state index is 0.118. The van der Waals surface area contributed by atoms with Crippen molar-refractivity contribution < 1.29 is 50.9 Å². The normalized spacial score (nSPS) is 12.0. The van der Waals surface area contributed by atoms with Gasteiger partial charge < -0.3 is 14.9 Å². The molecule has 0 bridgehead atoms. The quantitative estimate of drug-likeness (QED) is 0.574. The molecule has 0 atom stereocenters. The van der Waals surface area contributed by atoms with Gasteiger partial charge >= 0.3 is 24.3 Å². The van der Waals surface area contributed by atoms with Gasteiger partial charge in [-0.25, -0.2) is 9.59 Å². The first kappa shape index (κ1) is 21.1. The fourth-order valence-electron chi connectivity index (χ4n) is 2.43. The highest BCUT2D eigenvalue weighted by Crippen LogP contribution is 2.41. The zero-order valence-electron chi connectivity index (χ0n) is 13.8. The molecule has 0 spiro atoms. The van der Waals surface area contributed by atoms with E-state index in [4.69, 9.17) is 0 Å². The summed E-state index contributed by atoms with van der Waals surface area (Å²) in [5.74, 6) is -4.17. The van der Waals surface area contributed by atoms with Crippen molar-refractivity contribution in [1.29, 1.82) is 0 Å². The number of benzene rings is 2. The number of halogens is 6. The van der Waals surface area contributed by atoms with Gasteiger partial charge in [0.2, 0.25) is 0 Å². The van der Waals surface area contributed by atoms with E-state index < -0.39 is 63.4 Å². The Morgan fingerprint density at radius 3 is 1.82 bits per heavy atom. The Balaban J connectivity index is 2.85. The van der Waals surface area contributed by atoms with Crippen LogP contribution in [0.2, 0.25) is 0 Å². The molecule has 2 aromatic rings. The van der Waals surface area contributed by atoms with E-state index in [0.717, 1.165) is 19.2 Å². The van der Waals surface area contributed by atoms with Crippen LogP contribution in [0.15, 0.2) is 30.3 Å². The molecule has 0 aliphatic carbocycles. The number of esters is 1. The summed E-state index contributed by atoms with van der Waals surface area (Å²) in [5, 5.41) is 19.3. The van der Waals surface area contributed by atoms with E-state index in [1.807, 2.05) is 0 Å². The summed E-state index contributed by atoms with van der Waals surface area (Å²) in [7, 11) is 0.929. The topological polar surface area (TPSA) is 83.8 Å². The number of methoxy groups -OCH3 is 1. The van der Waals surface area contributed by atoms with Gasteiger partial charge in [0.05, 0.1) is 18.2 Å². The van der Waals surface area contributed by atoms with Crippen LogP contribution in [0.25, 0.3) is 11.1 Å². The van der Waals surface area contributed by atoms with Gasteiger partial charge in [-0.05, 0) is 29.8 Å². The van der Waals surface area contributed by atoms with E-state index >= 15 is 0 Å². The van der Waals surface area contributed by atoms with Crippen LogP contribution in [0.3, 0.4) is 0 Å². The Hall–Kier alpha value is -3.24. The second-order valence-corrected chi connectivity index (χ2v) is 5.48. The van der Waals surface area contributed by atoms with Crippen LogP contribution in [-0.4, -0.2) is 29.3 Å². The SMILES string of the molecule is COC(=O)c1ccc(-c2cc(C(F)(F)F)cc(C(F)(F)F)c2)c(C(=O)O)c1O. The maximum atomic E-state index is 13.0. The minimum Gasteiger partial charge on any atom is -0.506 e. The van der Waals surface area contributed by atoms with Crippen molar-refractivity contribution in [2.75, 3.05) is 7.11 Å². The van der Waals surface area contributed by atoms with Crippen LogP contribution >= 0.6 is 0 Å². The van der Waals surface area contributed by atoms with Crippen molar-refractivity contribution in [3.8, 4) is 16.9 Å². The van der Waals surface area contributed by atoms with E-state index in [9.17, 15) is 46.1 Å². The standard InChI is InChI=1S/C17H10F6O5/c1-28-15(27)11-3-2-10(12(13(11)24)14(25)26)7-4-8(16(18,19)20)6-9(5-7)17(21,22)23/h2-6,24H,1H3,(H,25,26). The fraction of sp³-hybridized carbons (Fsp3) is 0.176. The van der Waals surface area contributed by atoms with Gasteiger partial charge in [-0.1, -0.05) is 6.07 Å². The van der Waals surface area contributed by atoms with E-state index in [-0.39, 0.29) is 6.07 Å². The maximum Gasteiger partial charge on any atom is 0.416 e. The molecular formula is C17H10F6O5. The number of carboxylic acids is 1. The summed E-state index contributed by atoms with van der Waals surface area (Å²) < 4.78 is 82.4. The molecule has 2 rings (SSSR count). The molecule has 0 radical (unpaired) electrons. The zero-order valence-corrected chi connectivity index (χ0v) is 13.8. The van der Waals surface area contributed by atoms with Gasteiger partial charge in [-0.3, -0.25) is 0 Å². The summed E-state index contributed by atoms with van der Waals surface area (Å²) >= 11 is 0. The predicted octanol–water partition coefficient (Wildman–Crippen LogP) is 4.58. The number of hydrogen-bond donors (Lipinski definition) is 2. The molecule has 0 aromatic heterocycles. The monoisotopic (exact) mass is 408 g/mol. The van der Waals surface area contributed by atoms with Crippen LogP contribution in [-0.2, 0) is 17.1 Å². The minimum atomic E-state index is -5.15. The molecule has 11 heteroatoms. The lowest BCUT2D eigenvalue weighted by Crippen LogP contribution is -2.12. The van der Waals surface area contributed by atoms with Gasteiger partial charge in [0.25, 0.3) is 0 Å². The lowest BCUT2D eigenvalue weighted by atomic mass is 9.93. The molecule has 0 saturated carbocycles. The third-order valence-corrected chi connectivity index (χ3v) is 3.70. The first-order valence-corrected chi connectivity index (χ1v) is 7.24. The summed E-state index contributed by atoms with van der Waals surface area (Å²) in [6, 6.07) is 2.15. The van der Waals surface area contributed by atoms with Gasteiger partial charge in [-0.15, -0.1) is 0 Å². The molecule has 0 aliphatic heterocycles. The van der Waals surface area contributed by atoms with Crippen LogP contribution in [0.1, 0.15) is 31.8 Å². The van der Waals surface area contributed by atoms with Crippen molar-refractivity contribution in [2.45, 2.75) is 12.4 Å². The second kappa shape index (κ2) is 7.06. The highest BCUT2D eigenvalue weighted by molar-refractivity contribution is 6.04. The third kappa shape index (κ3) is 4.02. The van der Waals surface area contributed by atoms with Crippen LogP contribution in [0.5, 0.6) is 5.75 Å². The molecule has 0 amide bonds. The van der Waals surface area contributed by atoms with Crippen LogP contribution < -0.4 is 0 Å². The Kier molecular flexibility index (Phi) is 5.31. The third-order valence-electron chi connectivity index (χ3n) is 3.70. The van der Waals surface area contributed by atoms with E-state index in [1.165, 1.54) is 0 Å². The summed E-state index contributed by atoms with van der Waals surface area (Å²) in [6.45, 7) is 0. The zero-order chi connectivity index (χ0) is 21.4. The first-order valence-electron chi connectivity index (χ1n) is 7.24. The maximum absolute atomic E-state index is 13.0. The molecule has 0 fully saturated rings. The molecular weight excluding hydrogens is 398 g/mol. The highest BCUT2D eigenvalue weighted by Gasteiger charge is 2.37. The molecule has 28 heavy (non-hydrogen) atoms. The number of alkyl halides is 6. The average Bonchev–Trinajstić information content (AvgIpc) is 2.58. The van der Waals surface area contributed by atoms with Gasteiger partial charge in [0, 0.05) is 5.56 Å². The number of phenols is 1. The number of ether oxygens (including phenoxy) is 1. The molecule has 0 unspecified atom stereocenters. The molecule has 0 aliphatic rings. The predicted molar refractivity (Wildman–Crippen MR) is 81.8 cm³/mol. The van der Waals surface area contributed by atoms with Crippen molar-refractivity contribution in [3.05, 3.63) is 52.6 Å². The Morgan fingerprint density at radius 1 is 0.929 bits per heavy atom. The number of aromatic carboxylic acids is 1. The van der Waals surface area contributed by atoms with Gasteiger partial charge in [0.1, 0.15) is 16.9 Å². The Labute approximate surface area is 152 Å². The molecule has 5 nitrogen and oxygen atoms in total. The molecule has 2 aromatic carbocycles. The van der Waals surface area contributed by atoms with Crippen molar-refractivity contribution in [2.24, 2.45) is 0 Å². The number of carbonyl (C=O) groups is 2. The van der Waals surface area contributed by atoms with Crippen molar-refractivity contribution in [3.63, 3.8) is 0 Å². The number of carbonyl (C=O) groups excluding carboxylic acids is 1. The first-order chi connectivity index (χ1) is 12.8. The van der Waals surface area contributed by atoms with Gasteiger partial charge in [-0.2, -0.15) is 26.3 Å². The molecule has 2 N–H and O–H groups in total. The molecule has 0 heterocycles. The molecule has 150 valence electrons. The Bertz CT molecular complexity index is 914. The second-order valence-electron chi connectivity index (χ2n) is 5.48. The van der Waals surface area contributed by atoms with Gasteiger partial charge in [0.15, 0.2) is 0 Å². The smallest absolute Gasteiger partial charge is 0.416 e. The van der Waals surface area contributed by atoms with Crippen LogP contribution in [0.4, 0.5) is 26.3 Å². The van der Waals surface area contributed by atoms with E-state index in [0.29, 0.717) is 12.1 Å². The van der Waals surface area contributed by atoms with Crippen molar-refractivity contribution in [1.82, 2.24) is 0 Å². The lowest BCUT2D eigenvalue weighted by Gasteiger charge is -2.16. The number of rotatable bonds is 3. The Morgan fingerprint density at radius 2 is 1.43 bits per heavy atom. The van der Waals surface area contributed by atoms with E-state index in [1.54, 1.807) is 0 Å². The average molecular weight is 408 g/mol. The van der Waals surface area contributed by atoms with Crippen molar-refractivity contribution >= 4 is 11.9 Å².